The first-order chi connectivity index (χ1) is 26.6. The van der Waals surface area contributed by atoms with E-state index in [0.29, 0.717) is 22.5 Å². The van der Waals surface area contributed by atoms with Gasteiger partial charge < -0.3 is 10.2 Å². The van der Waals surface area contributed by atoms with Gasteiger partial charge in [-0.2, -0.15) is 0 Å². The minimum absolute atomic E-state index is 0.184. The number of aromatic nitrogens is 2. The van der Waals surface area contributed by atoms with E-state index in [0.717, 1.165) is 76.7 Å². The molecule has 8 aromatic carbocycles. The van der Waals surface area contributed by atoms with Crippen molar-refractivity contribution in [2.75, 3.05) is 0 Å². The summed E-state index contributed by atoms with van der Waals surface area (Å²) >= 11 is 0. The highest BCUT2D eigenvalue weighted by Gasteiger charge is 2.23. The smallest absolute Gasteiger partial charge is 0.124 e. The van der Waals surface area contributed by atoms with E-state index in [4.69, 9.17) is 9.97 Å². The molecule has 0 bridgehead atoms. The Morgan fingerprint density at radius 2 is 0.648 bits per heavy atom. The highest BCUT2D eigenvalue weighted by molar-refractivity contribution is 6.15. The molecule has 0 unspecified atom stereocenters. The van der Waals surface area contributed by atoms with Crippen LogP contribution in [0.25, 0.3) is 99.2 Å². The molecule has 0 saturated heterocycles. The second-order valence-corrected chi connectivity index (χ2v) is 13.6. The Balaban J connectivity index is 1.35. The predicted molar refractivity (Wildman–Crippen MR) is 223 cm³/mol. The predicted octanol–water partition coefficient (Wildman–Crippen LogP) is 12.8. The van der Waals surface area contributed by atoms with Crippen LogP contribution in [0.4, 0.5) is 0 Å². The number of rotatable bonds is 5. The number of nitrogens with zero attached hydrogens (tertiary/aromatic N) is 2. The average Bonchev–Trinajstić information content (AvgIpc) is 3.22. The summed E-state index contributed by atoms with van der Waals surface area (Å²) in [5, 5.41) is 30.5. The van der Waals surface area contributed by atoms with Crippen LogP contribution in [0.5, 0.6) is 11.5 Å². The highest BCUT2D eigenvalue weighted by Crippen LogP contribution is 2.47. The van der Waals surface area contributed by atoms with Crippen LogP contribution >= 0.6 is 0 Å². The van der Waals surface area contributed by atoms with Gasteiger partial charge in [0, 0.05) is 33.0 Å². The third-order valence-corrected chi connectivity index (χ3v) is 10.5. The first-order valence-electron chi connectivity index (χ1n) is 18.0. The Kier molecular flexibility index (Phi) is 7.41. The Bertz CT molecular complexity index is 2880. The zero-order chi connectivity index (χ0) is 36.2. The van der Waals surface area contributed by atoms with Crippen molar-refractivity contribution in [3.63, 3.8) is 0 Å². The zero-order valence-corrected chi connectivity index (χ0v) is 29.1. The maximum Gasteiger partial charge on any atom is 0.124 e. The summed E-state index contributed by atoms with van der Waals surface area (Å²) in [6.45, 7) is 0. The van der Waals surface area contributed by atoms with Gasteiger partial charge in [-0.3, -0.25) is 0 Å². The summed E-state index contributed by atoms with van der Waals surface area (Å²) in [6, 6.07) is 61.3. The molecule has 0 aliphatic carbocycles. The first kappa shape index (κ1) is 31.4. The molecule has 0 aliphatic rings. The lowest BCUT2D eigenvalue weighted by atomic mass is 9.85. The topological polar surface area (TPSA) is 66.2 Å². The SMILES string of the molecule is Oc1ccccc1-c1cc2ccccc2c(-c2c(-c3ccc4ccccc4c3-c3nc(-c4ccccc4O)cc4ccccc34)ccc3ccccc23)n1. The van der Waals surface area contributed by atoms with Crippen molar-refractivity contribution in [2.45, 2.75) is 0 Å². The number of aromatic hydroxyl groups is 2. The Morgan fingerprint density at radius 3 is 1.07 bits per heavy atom. The summed E-state index contributed by atoms with van der Waals surface area (Å²) in [5.41, 5.74) is 8.43. The second kappa shape index (κ2) is 12.7. The highest BCUT2D eigenvalue weighted by atomic mass is 16.3. The summed E-state index contributed by atoms with van der Waals surface area (Å²) in [5.74, 6) is 0.368. The van der Waals surface area contributed by atoms with Crippen molar-refractivity contribution in [2.24, 2.45) is 0 Å². The largest absolute Gasteiger partial charge is 0.507 e. The van der Waals surface area contributed by atoms with Gasteiger partial charge in [0.1, 0.15) is 11.5 Å². The quantitative estimate of drug-likeness (QED) is 0.188. The number of fused-ring (bicyclic) bond motifs is 4. The Hall–Kier alpha value is -7.30. The van der Waals surface area contributed by atoms with Crippen molar-refractivity contribution < 1.29 is 10.2 Å². The lowest BCUT2D eigenvalue weighted by Crippen LogP contribution is -1.98. The molecule has 2 aromatic heterocycles. The van der Waals surface area contributed by atoms with Crippen molar-refractivity contribution >= 4 is 43.1 Å². The van der Waals surface area contributed by atoms with Crippen LogP contribution in [0.3, 0.4) is 0 Å². The van der Waals surface area contributed by atoms with E-state index >= 15 is 0 Å². The van der Waals surface area contributed by atoms with Gasteiger partial charge in [0.15, 0.2) is 0 Å². The molecule has 10 aromatic rings. The van der Waals surface area contributed by atoms with Gasteiger partial charge in [-0.05, 0) is 79.8 Å². The number of phenolic OH excluding ortho intramolecular Hbond substituents is 2. The summed E-state index contributed by atoms with van der Waals surface area (Å²) in [4.78, 5) is 10.8. The zero-order valence-electron chi connectivity index (χ0n) is 29.1. The van der Waals surface area contributed by atoms with Gasteiger partial charge in [0.25, 0.3) is 0 Å². The van der Waals surface area contributed by atoms with E-state index in [-0.39, 0.29) is 11.5 Å². The minimum Gasteiger partial charge on any atom is -0.507 e. The fraction of sp³-hybridized carbons (Fsp3) is 0. The van der Waals surface area contributed by atoms with Gasteiger partial charge in [0.2, 0.25) is 0 Å². The molecule has 0 atom stereocenters. The van der Waals surface area contributed by atoms with Crippen LogP contribution in [-0.4, -0.2) is 20.2 Å². The normalized spacial score (nSPS) is 11.5. The van der Waals surface area contributed by atoms with Crippen LogP contribution in [0.1, 0.15) is 0 Å². The molecular formula is C50H32N2O2. The number of phenols is 2. The van der Waals surface area contributed by atoms with Crippen LogP contribution in [0.15, 0.2) is 182 Å². The fourth-order valence-corrected chi connectivity index (χ4v) is 7.94. The van der Waals surface area contributed by atoms with Crippen LogP contribution in [0, 0.1) is 0 Å². The third-order valence-electron chi connectivity index (χ3n) is 10.5. The number of para-hydroxylation sites is 2. The summed E-state index contributed by atoms with van der Waals surface area (Å²) < 4.78 is 0. The number of hydrogen-bond acceptors (Lipinski definition) is 4. The lowest BCUT2D eigenvalue weighted by molar-refractivity contribution is 0.476. The first-order valence-corrected chi connectivity index (χ1v) is 18.0. The lowest BCUT2D eigenvalue weighted by Gasteiger charge is -2.21. The molecule has 0 radical (unpaired) electrons. The second-order valence-electron chi connectivity index (χ2n) is 13.6. The van der Waals surface area contributed by atoms with Gasteiger partial charge in [0.05, 0.1) is 22.8 Å². The minimum atomic E-state index is 0.184. The van der Waals surface area contributed by atoms with Crippen molar-refractivity contribution in [1.82, 2.24) is 9.97 Å². The van der Waals surface area contributed by atoms with Gasteiger partial charge >= 0.3 is 0 Å². The molecule has 0 aliphatic heterocycles. The molecule has 4 heteroatoms. The molecule has 0 fully saturated rings. The van der Waals surface area contributed by atoms with Crippen LogP contribution < -0.4 is 0 Å². The van der Waals surface area contributed by atoms with Crippen molar-refractivity contribution in [3.05, 3.63) is 182 Å². The monoisotopic (exact) mass is 692 g/mol. The molecule has 2 N–H and O–H groups in total. The molecule has 4 nitrogen and oxygen atoms in total. The van der Waals surface area contributed by atoms with Crippen LogP contribution in [0.2, 0.25) is 0 Å². The molecule has 254 valence electrons. The Morgan fingerprint density at radius 1 is 0.296 bits per heavy atom. The Labute approximate surface area is 311 Å². The molecule has 0 saturated carbocycles. The van der Waals surface area contributed by atoms with E-state index in [2.05, 4.69) is 121 Å². The standard InChI is InChI=1S/C50H32N2O2/c53-45-23-11-9-21-41(45)43-29-33-15-3-7-19-37(33)49(51-43)47-35-17-5-1-13-31(35)25-27-39(47)40-28-26-32-14-2-6-18-36(32)48(40)50-38-20-8-4-16-34(38)30-44(52-50)42-22-10-12-24-46(42)54/h1-30,53-54H. The average molecular weight is 693 g/mol. The van der Waals surface area contributed by atoms with E-state index < -0.39 is 0 Å². The molecule has 0 amide bonds. The van der Waals surface area contributed by atoms with Crippen molar-refractivity contribution in [1.29, 1.82) is 0 Å². The fourth-order valence-electron chi connectivity index (χ4n) is 7.94. The van der Waals surface area contributed by atoms with E-state index in [9.17, 15) is 10.2 Å². The summed E-state index contributed by atoms with van der Waals surface area (Å²) in [6.07, 6.45) is 0. The van der Waals surface area contributed by atoms with E-state index in [1.54, 1.807) is 12.1 Å². The molecule has 54 heavy (non-hydrogen) atoms. The van der Waals surface area contributed by atoms with E-state index in [1.165, 1.54) is 0 Å². The number of hydrogen-bond donors (Lipinski definition) is 2. The molecular weight excluding hydrogens is 661 g/mol. The summed E-state index contributed by atoms with van der Waals surface area (Å²) in [7, 11) is 0. The van der Waals surface area contributed by atoms with Crippen LogP contribution in [-0.2, 0) is 0 Å². The van der Waals surface area contributed by atoms with Gasteiger partial charge in [-0.25, -0.2) is 9.97 Å². The maximum atomic E-state index is 11.0. The number of benzene rings is 8. The van der Waals surface area contributed by atoms with Gasteiger partial charge in [-0.1, -0.05) is 146 Å². The van der Waals surface area contributed by atoms with Crippen molar-refractivity contribution in [3.8, 4) is 67.7 Å². The third kappa shape index (κ3) is 5.15. The molecule has 2 heterocycles. The molecule has 10 rings (SSSR count). The van der Waals surface area contributed by atoms with Gasteiger partial charge in [-0.15, -0.1) is 0 Å². The molecule has 0 spiro atoms. The number of pyridine rings is 2. The maximum absolute atomic E-state index is 11.0. The van der Waals surface area contributed by atoms with E-state index in [1.807, 2.05) is 48.5 Å².